The second-order valence-corrected chi connectivity index (χ2v) is 4.88. The SMILES string of the molecule is CNC(C)c1oc2c(I)cccc2c1C. The normalized spacial score (nSPS) is 13.3. The van der Waals surface area contributed by atoms with Gasteiger partial charge < -0.3 is 9.73 Å². The van der Waals surface area contributed by atoms with Crippen LogP contribution in [-0.2, 0) is 0 Å². The van der Waals surface area contributed by atoms with Gasteiger partial charge in [0.2, 0.25) is 0 Å². The molecule has 0 aliphatic rings. The molecule has 0 aliphatic heterocycles. The molecule has 15 heavy (non-hydrogen) atoms. The van der Waals surface area contributed by atoms with Gasteiger partial charge in [-0.1, -0.05) is 12.1 Å². The molecule has 0 radical (unpaired) electrons. The Balaban J connectivity index is 2.69. The number of furan rings is 1. The molecule has 1 aromatic heterocycles. The van der Waals surface area contributed by atoms with E-state index < -0.39 is 0 Å². The third-order valence-electron chi connectivity index (χ3n) is 2.78. The topological polar surface area (TPSA) is 25.2 Å². The molecule has 0 fully saturated rings. The zero-order valence-corrected chi connectivity index (χ0v) is 11.3. The van der Waals surface area contributed by atoms with E-state index in [4.69, 9.17) is 4.42 Å². The Hall–Kier alpha value is -0.550. The Morgan fingerprint density at radius 2 is 2.13 bits per heavy atom. The maximum atomic E-state index is 5.91. The molecule has 1 N–H and O–H groups in total. The Labute approximate surface area is 103 Å². The molecular weight excluding hydrogens is 301 g/mol. The van der Waals surface area contributed by atoms with E-state index in [-0.39, 0.29) is 6.04 Å². The third-order valence-corrected chi connectivity index (χ3v) is 3.63. The Morgan fingerprint density at radius 3 is 2.73 bits per heavy atom. The standard InChI is InChI=1S/C12H14INO/c1-7-9-5-4-6-10(13)12(9)15-11(7)8(2)14-3/h4-6,8,14H,1-3H3. The van der Waals surface area contributed by atoms with Gasteiger partial charge in [0.1, 0.15) is 11.3 Å². The average molecular weight is 315 g/mol. The minimum atomic E-state index is 0.258. The van der Waals surface area contributed by atoms with Crippen LogP contribution in [0, 0.1) is 10.5 Å². The van der Waals surface area contributed by atoms with Crippen molar-refractivity contribution in [2.24, 2.45) is 0 Å². The van der Waals surface area contributed by atoms with E-state index >= 15 is 0 Å². The van der Waals surface area contributed by atoms with Gasteiger partial charge in [-0.15, -0.1) is 0 Å². The fraction of sp³-hybridized carbons (Fsp3) is 0.333. The first-order chi connectivity index (χ1) is 7.15. The maximum Gasteiger partial charge on any atom is 0.147 e. The third kappa shape index (κ3) is 1.78. The maximum absolute atomic E-state index is 5.91. The van der Waals surface area contributed by atoms with Gasteiger partial charge in [0.15, 0.2) is 0 Å². The van der Waals surface area contributed by atoms with Crippen LogP contribution in [0.15, 0.2) is 22.6 Å². The first-order valence-electron chi connectivity index (χ1n) is 5.00. The number of para-hydroxylation sites is 1. The number of hydrogen-bond acceptors (Lipinski definition) is 2. The lowest BCUT2D eigenvalue weighted by atomic mass is 10.1. The van der Waals surface area contributed by atoms with Crippen molar-refractivity contribution in [2.45, 2.75) is 19.9 Å². The molecule has 2 aromatic rings. The molecule has 0 saturated heterocycles. The lowest BCUT2D eigenvalue weighted by Crippen LogP contribution is -2.12. The van der Waals surface area contributed by atoms with Crippen LogP contribution in [0.25, 0.3) is 11.0 Å². The molecule has 3 heteroatoms. The van der Waals surface area contributed by atoms with Crippen molar-refractivity contribution >= 4 is 33.6 Å². The second-order valence-electron chi connectivity index (χ2n) is 3.72. The van der Waals surface area contributed by atoms with Crippen LogP contribution in [0.1, 0.15) is 24.3 Å². The second kappa shape index (κ2) is 4.14. The molecular formula is C12H14INO. The van der Waals surface area contributed by atoms with Crippen molar-refractivity contribution in [1.82, 2.24) is 5.32 Å². The lowest BCUT2D eigenvalue weighted by Gasteiger charge is -2.06. The molecule has 1 aromatic carbocycles. The smallest absolute Gasteiger partial charge is 0.147 e. The molecule has 0 saturated carbocycles. The van der Waals surface area contributed by atoms with Crippen LogP contribution in [0.2, 0.25) is 0 Å². The van der Waals surface area contributed by atoms with E-state index in [0.29, 0.717) is 0 Å². The predicted molar refractivity (Wildman–Crippen MR) is 71.1 cm³/mol. The van der Waals surface area contributed by atoms with E-state index in [0.717, 1.165) is 11.3 Å². The van der Waals surface area contributed by atoms with Crippen LogP contribution in [0.3, 0.4) is 0 Å². The summed E-state index contributed by atoms with van der Waals surface area (Å²) >= 11 is 2.31. The number of halogens is 1. The summed E-state index contributed by atoms with van der Waals surface area (Å²) in [7, 11) is 1.95. The lowest BCUT2D eigenvalue weighted by molar-refractivity contribution is 0.470. The van der Waals surface area contributed by atoms with Gasteiger partial charge >= 0.3 is 0 Å². The van der Waals surface area contributed by atoms with Gasteiger partial charge in [0, 0.05) is 10.9 Å². The van der Waals surface area contributed by atoms with Crippen molar-refractivity contribution in [3.05, 3.63) is 33.1 Å². The Bertz CT molecular complexity index is 490. The van der Waals surface area contributed by atoms with Crippen molar-refractivity contribution < 1.29 is 4.42 Å². The summed E-state index contributed by atoms with van der Waals surface area (Å²) in [6.07, 6.45) is 0. The highest BCUT2D eigenvalue weighted by Crippen LogP contribution is 2.31. The highest BCUT2D eigenvalue weighted by Gasteiger charge is 2.16. The minimum Gasteiger partial charge on any atom is -0.458 e. The summed E-state index contributed by atoms with van der Waals surface area (Å²) in [4.78, 5) is 0. The number of nitrogens with one attached hydrogen (secondary N) is 1. The largest absolute Gasteiger partial charge is 0.458 e. The Morgan fingerprint density at radius 1 is 1.40 bits per heavy atom. The quantitative estimate of drug-likeness (QED) is 0.856. The van der Waals surface area contributed by atoms with E-state index in [1.54, 1.807) is 0 Å². The van der Waals surface area contributed by atoms with Crippen molar-refractivity contribution in [3.63, 3.8) is 0 Å². The first-order valence-corrected chi connectivity index (χ1v) is 6.07. The van der Waals surface area contributed by atoms with E-state index in [1.165, 1.54) is 14.5 Å². The van der Waals surface area contributed by atoms with E-state index in [9.17, 15) is 0 Å². The summed E-state index contributed by atoms with van der Waals surface area (Å²) in [6, 6.07) is 6.51. The van der Waals surface area contributed by atoms with E-state index in [1.807, 2.05) is 7.05 Å². The number of rotatable bonds is 2. The van der Waals surface area contributed by atoms with Gasteiger partial charge in [0.25, 0.3) is 0 Å². The number of benzene rings is 1. The number of aryl methyl sites for hydroxylation is 1. The van der Waals surface area contributed by atoms with Crippen LogP contribution in [0.5, 0.6) is 0 Å². The first kappa shape index (κ1) is 11.0. The van der Waals surface area contributed by atoms with Crippen molar-refractivity contribution in [3.8, 4) is 0 Å². The molecule has 2 nitrogen and oxygen atoms in total. The summed E-state index contributed by atoms with van der Waals surface area (Å²) in [5.41, 5.74) is 2.25. The molecule has 80 valence electrons. The predicted octanol–water partition coefficient (Wildman–Crippen LogP) is 3.63. The minimum absolute atomic E-state index is 0.258. The van der Waals surface area contributed by atoms with Gasteiger partial charge in [-0.25, -0.2) is 0 Å². The highest BCUT2D eigenvalue weighted by atomic mass is 127. The van der Waals surface area contributed by atoms with Gasteiger partial charge in [0.05, 0.1) is 9.61 Å². The van der Waals surface area contributed by atoms with Crippen molar-refractivity contribution in [1.29, 1.82) is 0 Å². The number of hydrogen-bond donors (Lipinski definition) is 1. The summed E-state index contributed by atoms with van der Waals surface area (Å²) < 4.78 is 7.08. The summed E-state index contributed by atoms with van der Waals surface area (Å²) in [5.74, 6) is 1.04. The monoisotopic (exact) mass is 315 g/mol. The zero-order chi connectivity index (χ0) is 11.0. The fourth-order valence-electron chi connectivity index (χ4n) is 1.77. The van der Waals surface area contributed by atoms with Crippen LogP contribution >= 0.6 is 22.6 Å². The highest BCUT2D eigenvalue weighted by molar-refractivity contribution is 14.1. The molecule has 1 unspecified atom stereocenters. The fourth-order valence-corrected chi connectivity index (χ4v) is 2.38. The van der Waals surface area contributed by atoms with Crippen LogP contribution in [-0.4, -0.2) is 7.05 Å². The van der Waals surface area contributed by atoms with Gasteiger partial charge in [-0.2, -0.15) is 0 Å². The molecule has 0 amide bonds. The number of fused-ring (bicyclic) bond motifs is 1. The van der Waals surface area contributed by atoms with Gasteiger partial charge in [-0.05, 0) is 49.6 Å². The molecule has 1 atom stereocenters. The molecule has 0 bridgehead atoms. The Kier molecular flexibility index (Phi) is 3.02. The molecule has 0 aliphatic carbocycles. The summed E-state index contributed by atoms with van der Waals surface area (Å²) in [5, 5.41) is 4.43. The van der Waals surface area contributed by atoms with E-state index in [2.05, 4.69) is 60.0 Å². The average Bonchev–Trinajstić information content (AvgIpc) is 2.57. The van der Waals surface area contributed by atoms with Crippen LogP contribution < -0.4 is 5.32 Å². The molecule has 2 rings (SSSR count). The van der Waals surface area contributed by atoms with Crippen molar-refractivity contribution in [2.75, 3.05) is 7.05 Å². The summed E-state index contributed by atoms with van der Waals surface area (Å²) in [6.45, 7) is 4.22. The zero-order valence-electron chi connectivity index (χ0n) is 9.10. The molecule has 0 spiro atoms. The molecule has 1 heterocycles. The van der Waals surface area contributed by atoms with Gasteiger partial charge in [-0.3, -0.25) is 0 Å². The van der Waals surface area contributed by atoms with Crippen LogP contribution in [0.4, 0.5) is 0 Å².